The van der Waals surface area contributed by atoms with E-state index in [4.69, 9.17) is 9.15 Å². The van der Waals surface area contributed by atoms with Crippen LogP contribution >= 0.6 is 0 Å². The van der Waals surface area contributed by atoms with Crippen LogP contribution in [0.15, 0.2) is 47.1 Å². The minimum atomic E-state index is -0.294. The van der Waals surface area contributed by atoms with Crippen molar-refractivity contribution in [3.63, 3.8) is 0 Å². The number of aryl methyl sites for hydroxylation is 2. The Morgan fingerprint density at radius 1 is 1.04 bits per heavy atom. The molecule has 140 valence electrons. The summed E-state index contributed by atoms with van der Waals surface area (Å²) in [5, 5.41) is 6.29. The van der Waals surface area contributed by atoms with Gasteiger partial charge in [0.15, 0.2) is 0 Å². The number of amides is 2. The lowest BCUT2D eigenvalue weighted by Crippen LogP contribution is -2.33. The van der Waals surface area contributed by atoms with Crippen molar-refractivity contribution in [1.29, 1.82) is 0 Å². The molecule has 27 heavy (non-hydrogen) atoms. The normalized spacial score (nSPS) is 10.6. The Morgan fingerprint density at radius 2 is 1.78 bits per heavy atom. The van der Waals surface area contributed by atoms with Crippen molar-refractivity contribution >= 4 is 28.5 Å². The number of hydrogen-bond acceptors (Lipinski definition) is 4. The lowest BCUT2D eigenvalue weighted by Gasteiger charge is -2.07. The molecule has 2 amide bonds. The molecule has 6 heteroatoms. The van der Waals surface area contributed by atoms with Gasteiger partial charge in [0.1, 0.15) is 11.3 Å². The highest BCUT2D eigenvalue weighted by atomic mass is 16.5. The SMILES string of the molecule is COc1ccc(NC(=O)CNC(=O)Cc2coc3c(C)c(C)ccc23)cc1. The molecule has 0 spiro atoms. The number of rotatable bonds is 6. The molecule has 1 aromatic heterocycles. The number of nitrogens with one attached hydrogen (secondary N) is 2. The molecule has 0 saturated carbocycles. The van der Waals surface area contributed by atoms with Gasteiger partial charge < -0.3 is 19.8 Å². The number of anilines is 1. The summed E-state index contributed by atoms with van der Waals surface area (Å²) in [6, 6.07) is 10.9. The number of benzene rings is 2. The zero-order valence-corrected chi connectivity index (χ0v) is 15.6. The fraction of sp³-hybridized carbons (Fsp3) is 0.238. The van der Waals surface area contributed by atoms with E-state index in [0.29, 0.717) is 11.4 Å². The first-order valence-corrected chi connectivity index (χ1v) is 8.65. The van der Waals surface area contributed by atoms with Crippen molar-refractivity contribution in [3.8, 4) is 5.75 Å². The number of carbonyl (C=O) groups excluding carboxylic acids is 2. The molecule has 0 unspecified atom stereocenters. The first-order valence-electron chi connectivity index (χ1n) is 8.65. The number of methoxy groups -OCH3 is 1. The first-order chi connectivity index (χ1) is 13.0. The zero-order valence-electron chi connectivity index (χ0n) is 15.6. The third kappa shape index (κ3) is 4.28. The summed E-state index contributed by atoms with van der Waals surface area (Å²) in [6.07, 6.45) is 1.76. The highest BCUT2D eigenvalue weighted by molar-refractivity contribution is 5.95. The van der Waals surface area contributed by atoms with Crippen molar-refractivity contribution in [2.24, 2.45) is 0 Å². The second-order valence-electron chi connectivity index (χ2n) is 6.38. The summed E-state index contributed by atoms with van der Waals surface area (Å²) >= 11 is 0. The van der Waals surface area contributed by atoms with E-state index in [1.54, 1.807) is 37.6 Å². The zero-order chi connectivity index (χ0) is 19.4. The van der Waals surface area contributed by atoms with E-state index in [1.807, 2.05) is 26.0 Å². The van der Waals surface area contributed by atoms with Gasteiger partial charge in [-0.2, -0.15) is 0 Å². The van der Waals surface area contributed by atoms with Gasteiger partial charge in [0.2, 0.25) is 11.8 Å². The number of carbonyl (C=O) groups is 2. The minimum absolute atomic E-state index is 0.0984. The second kappa shape index (κ2) is 7.95. The highest BCUT2D eigenvalue weighted by Gasteiger charge is 2.13. The summed E-state index contributed by atoms with van der Waals surface area (Å²) in [5.74, 6) is 0.178. The Morgan fingerprint density at radius 3 is 2.48 bits per heavy atom. The van der Waals surface area contributed by atoms with Gasteiger partial charge in [-0.1, -0.05) is 12.1 Å². The van der Waals surface area contributed by atoms with Crippen LogP contribution in [0.4, 0.5) is 5.69 Å². The molecule has 0 aliphatic rings. The molecule has 2 N–H and O–H groups in total. The fourth-order valence-electron chi connectivity index (χ4n) is 2.82. The van der Waals surface area contributed by atoms with Crippen LogP contribution in [-0.2, 0) is 16.0 Å². The van der Waals surface area contributed by atoms with Gasteiger partial charge in [-0.05, 0) is 49.2 Å². The lowest BCUT2D eigenvalue weighted by molar-refractivity contribution is -0.123. The smallest absolute Gasteiger partial charge is 0.243 e. The Hall–Kier alpha value is -3.28. The van der Waals surface area contributed by atoms with Gasteiger partial charge in [0, 0.05) is 16.6 Å². The van der Waals surface area contributed by atoms with Gasteiger partial charge in [0.25, 0.3) is 0 Å². The Kier molecular flexibility index (Phi) is 5.45. The summed E-state index contributed by atoms with van der Waals surface area (Å²) in [5.41, 5.74) is 4.46. The van der Waals surface area contributed by atoms with Crippen molar-refractivity contribution < 1.29 is 18.7 Å². The maximum atomic E-state index is 12.2. The molecule has 0 bridgehead atoms. The molecule has 0 radical (unpaired) electrons. The van der Waals surface area contributed by atoms with Crippen molar-refractivity contribution in [2.75, 3.05) is 19.0 Å². The molecule has 6 nitrogen and oxygen atoms in total. The number of hydrogen-bond donors (Lipinski definition) is 2. The van der Waals surface area contributed by atoms with Crippen molar-refractivity contribution in [1.82, 2.24) is 5.32 Å². The predicted molar refractivity (Wildman–Crippen MR) is 104 cm³/mol. The van der Waals surface area contributed by atoms with E-state index >= 15 is 0 Å². The van der Waals surface area contributed by atoms with Crippen LogP contribution in [-0.4, -0.2) is 25.5 Å². The van der Waals surface area contributed by atoms with Crippen LogP contribution in [0.2, 0.25) is 0 Å². The topological polar surface area (TPSA) is 80.6 Å². The Bertz CT molecular complexity index is 974. The lowest BCUT2D eigenvalue weighted by atomic mass is 10.0. The Labute approximate surface area is 157 Å². The monoisotopic (exact) mass is 366 g/mol. The summed E-state index contributed by atoms with van der Waals surface area (Å²) < 4.78 is 10.7. The third-order valence-electron chi connectivity index (χ3n) is 4.51. The van der Waals surface area contributed by atoms with Crippen LogP contribution in [0, 0.1) is 13.8 Å². The molecule has 0 fully saturated rings. The molecule has 2 aromatic carbocycles. The van der Waals surface area contributed by atoms with E-state index in [-0.39, 0.29) is 24.8 Å². The quantitative estimate of drug-likeness (QED) is 0.701. The molecule has 1 heterocycles. The van der Waals surface area contributed by atoms with E-state index in [0.717, 1.165) is 27.7 Å². The van der Waals surface area contributed by atoms with Crippen LogP contribution in [0.5, 0.6) is 5.75 Å². The maximum absolute atomic E-state index is 12.2. The van der Waals surface area contributed by atoms with Gasteiger partial charge in [-0.25, -0.2) is 0 Å². The van der Waals surface area contributed by atoms with Crippen molar-refractivity contribution in [2.45, 2.75) is 20.3 Å². The molecule has 0 aliphatic heterocycles. The molecule has 3 rings (SSSR count). The first kappa shape index (κ1) is 18.5. The molecule has 3 aromatic rings. The molecular formula is C21H22N2O4. The van der Waals surface area contributed by atoms with Gasteiger partial charge in [0.05, 0.1) is 26.3 Å². The molecule has 0 atom stereocenters. The van der Waals surface area contributed by atoms with E-state index in [9.17, 15) is 9.59 Å². The average Bonchev–Trinajstić information content (AvgIpc) is 3.07. The van der Waals surface area contributed by atoms with Crippen LogP contribution in [0.3, 0.4) is 0 Å². The highest BCUT2D eigenvalue weighted by Crippen LogP contribution is 2.26. The summed E-state index contributed by atoms with van der Waals surface area (Å²) in [7, 11) is 1.58. The van der Waals surface area contributed by atoms with Gasteiger partial charge in [-0.3, -0.25) is 9.59 Å². The average molecular weight is 366 g/mol. The standard InChI is InChI=1S/C21H22N2O4/c1-13-4-9-18-15(12-27-21(18)14(13)2)10-19(24)22-11-20(25)23-16-5-7-17(26-3)8-6-16/h4-9,12H,10-11H2,1-3H3,(H,22,24)(H,23,25). The summed E-state index contributed by atoms with van der Waals surface area (Å²) in [4.78, 5) is 24.2. The van der Waals surface area contributed by atoms with Gasteiger partial charge >= 0.3 is 0 Å². The minimum Gasteiger partial charge on any atom is -0.497 e. The van der Waals surface area contributed by atoms with Crippen LogP contribution in [0.25, 0.3) is 11.0 Å². The van der Waals surface area contributed by atoms with E-state index in [2.05, 4.69) is 10.6 Å². The number of ether oxygens (including phenoxy) is 1. The van der Waals surface area contributed by atoms with Crippen LogP contribution < -0.4 is 15.4 Å². The number of furan rings is 1. The third-order valence-corrected chi connectivity index (χ3v) is 4.51. The van der Waals surface area contributed by atoms with E-state index < -0.39 is 0 Å². The van der Waals surface area contributed by atoms with Gasteiger partial charge in [-0.15, -0.1) is 0 Å². The summed E-state index contributed by atoms with van der Waals surface area (Å²) in [6.45, 7) is 3.92. The second-order valence-corrected chi connectivity index (χ2v) is 6.38. The molecular weight excluding hydrogens is 344 g/mol. The fourth-order valence-corrected chi connectivity index (χ4v) is 2.82. The predicted octanol–water partition coefficient (Wildman–Crippen LogP) is 3.36. The van der Waals surface area contributed by atoms with Crippen LogP contribution in [0.1, 0.15) is 16.7 Å². The maximum Gasteiger partial charge on any atom is 0.243 e. The number of fused-ring (bicyclic) bond motifs is 1. The largest absolute Gasteiger partial charge is 0.497 e. The molecule has 0 saturated heterocycles. The molecule has 0 aliphatic carbocycles. The van der Waals surface area contributed by atoms with Crippen molar-refractivity contribution in [3.05, 3.63) is 59.4 Å². The Balaban J connectivity index is 1.55. The van der Waals surface area contributed by atoms with E-state index in [1.165, 1.54) is 0 Å².